The van der Waals surface area contributed by atoms with Crippen molar-refractivity contribution >= 4 is 0 Å². The van der Waals surface area contributed by atoms with Crippen molar-refractivity contribution < 1.29 is 5.11 Å². The average Bonchev–Trinajstić information content (AvgIpc) is 2.07. The predicted molar refractivity (Wildman–Crippen MR) is 47.3 cm³/mol. The first-order chi connectivity index (χ1) is 5.34. The second kappa shape index (κ2) is 4.35. The summed E-state index contributed by atoms with van der Waals surface area (Å²) in [5.74, 6) is 0.525. The quantitative estimate of drug-likeness (QED) is 0.657. The van der Waals surface area contributed by atoms with Crippen LogP contribution in [0.3, 0.4) is 0 Å². The van der Waals surface area contributed by atoms with E-state index in [1.54, 1.807) is 0 Å². The van der Waals surface area contributed by atoms with E-state index < -0.39 is 0 Å². The highest BCUT2D eigenvalue weighted by atomic mass is 16.3. The molecule has 0 saturated carbocycles. The lowest BCUT2D eigenvalue weighted by atomic mass is 9.93. The number of aliphatic hydroxyl groups excluding tert-OH is 1. The van der Waals surface area contributed by atoms with E-state index in [-0.39, 0.29) is 0 Å². The minimum atomic E-state index is 0.298. The van der Waals surface area contributed by atoms with Gasteiger partial charge in [0.05, 0.1) is 0 Å². The molecular formula is C10H16O. The summed E-state index contributed by atoms with van der Waals surface area (Å²) in [6, 6.07) is 0. The molecule has 0 aromatic carbocycles. The average molecular weight is 152 g/mol. The summed E-state index contributed by atoms with van der Waals surface area (Å²) in [5.41, 5.74) is 1.39. The molecule has 1 atom stereocenters. The standard InChI is InChI=1S/C10H16O/c1-9(7-8-11)10-5-3-2-4-6-10/h3,5-6,9,11H,2,4,7-8H2,1H3/t9-/m0/s1. The molecule has 62 valence electrons. The maximum absolute atomic E-state index is 8.72. The zero-order valence-electron chi connectivity index (χ0n) is 7.09. The minimum absolute atomic E-state index is 0.298. The first-order valence-electron chi connectivity index (χ1n) is 4.32. The van der Waals surface area contributed by atoms with Crippen LogP contribution in [0.2, 0.25) is 0 Å². The van der Waals surface area contributed by atoms with Gasteiger partial charge in [0.1, 0.15) is 0 Å². The van der Waals surface area contributed by atoms with E-state index in [4.69, 9.17) is 5.11 Å². The summed E-state index contributed by atoms with van der Waals surface area (Å²) in [5, 5.41) is 8.72. The van der Waals surface area contributed by atoms with Crippen molar-refractivity contribution in [1.29, 1.82) is 0 Å². The molecule has 0 radical (unpaired) electrons. The van der Waals surface area contributed by atoms with Crippen molar-refractivity contribution in [1.82, 2.24) is 0 Å². The van der Waals surface area contributed by atoms with E-state index >= 15 is 0 Å². The van der Waals surface area contributed by atoms with Crippen molar-refractivity contribution in [3.05, 3.63) is 23.8 Å². The van der Waals surface area contributed by atoms with Crippen LogP contribution in [0.25, 0.3) is 0 Å². The van der Waals surface area contributed by atoms with E-state index in [2.05, 4.69) is 25.2 Å². The van der Waals surface area contributed by atoms with Crippen molar-refractivity contribution in [3.63, 3.8) is 0 Å². The van der Waals surface area contributed by atoms with E-state index in [0.717, 1.165) is 6.42 Å². The Hall–Kier alpha value is -0.560. The fourth-order valence-corrected chi connectivity index (χ4v) is 1.36. The molecule has 1 rings (SSSR count). The summed E-state index contributed by atoms with van der Waals surface area (Å²) >= 11 is 0. The first-order valence-corrected chi connectivity index (χ1v) is 4.32. The number of allylic oxidation sites excluding steroid dienone is 4. The van der Waals surface area contributed by atoms with Crippen molar-refractivity contribution in [2.24, 2.45) is 5.92 Å². The third-order valence-corrected chi connectivity index (χ3v) is 2.15. The Morgan fingerprint density at radius 1 is 1.55 bits per heavy atom. The van der Waals surface area contributed by atoms with Crippen molar-refractivity contribution in [2.75, 3.05) is 6.61 Å². The third kappa shape index (κ3) is 2.51. The number of rotatable bonds is 3. The molecule has 0 aliphatic heterocycles. The van der Waals surface area contributed by atoms with Crippen LogP contribution in [0.4, 0.5) is 0 Å². The summed E-state index contributed by atoms with van der Waals surface area (Å²) < 4.78 is 0. The second-order valence-corrected chi connectivity index (χ2v) is 3.10. The van der Waals surface area contributed by atoms with Gasteiger partial charge in [0.15, 0.2) is 0 Å². The lowest BCUT2D eigenvalue weighted by Gasteiger charge is -2.13. The van der Waals surface area contributed by atoms with Crippen molar-refractivity contribution in [2.45, 2.75) is 26.2 Å². The van der Waals surface area contributed by atoms with Crippen LogP contribution < -0.4 is 0 Å². The van der Waals surface area contributed by atoms with E-state index in [9.17, 15) is 0 Å². The van der Waals surface area contributed by atoms with Gasteiger partial charge in [0, 0.05) is 6.61 Å². The molecule has 0 saturated heterocycles. The monoisotopic (exact) mass is 152 g/mol. The van der Waals surface area contributed by atoms with Gasteiger partial charge in [-0.25, -0.2) is 0 Å². The second-order valence-electron chi connectivity index (χ2n) is 3.10. The maximum Gasteiger partial charge on any atom is 0.0436 e. The van der Waals surface area contributed by atoms with Crippen LogP contribution >= 0.6 is 0 Å². The lowest BCUT2D eigenvalue weighted by molar-refractivity contribution is 0.272. The summed E-state index contributed by atoms with van der Waals surface area (Å²) in [7, 11) is 0. The highest BCUT2D eigenvalue weighted by molar-refractivity contribution is 5.24. The molecule has 1 aliphatic rings. The summed E-state index contributed by atoms with van der Waals surface area (Å²) in [6.07, 6.45) is 9.90. The van der Waals surface area contributed by atoms with Crippen molar-refractivity contribution in [3.8, 4) is 0 Å². The minimum Gasteiger partial charge on any atom is -0.396 e. The van der Waals surface area contributed by atoms with Crippen LogP contribution in [0.1, 0.15) is 26.2 Å². The fourth-order valence-electron chi connectivity index (χ4n) is 1.36. The van der Waals surface area contributed by atoms with Crippen LogP contribution in [-0.2, 0) is 0 Å². The molecule has 1 nitrogen and oxygen atoms in total. The van der Waals surface area contributed by atoms with Gasteiger partial charge in [-0.2, -0.15) is 0 Å². The van der Waals surface area contributed by atoms with E-state index in [1.165, 1.54) is 18.4 Å². The van der Waals surface area contributed by atoms with Crippen LogP contribution in [0.5, 0.6) is 0 Å². The molecule has 0 unspecified atom stereocenters. The largest absolute Gasteiger partial charge is 0.396 e. The number of aliphatic hydroxyl groups is 1. The number of hydrogen-bond acceptors (Lipinski definition) is 1. The normalized spacial score (nSPS) is 19.6. The highest BCUT2D eigenvalue weighted by Crippen LogP contribution is 2.20. The highest BCUT2D eigenvalue weighted by Gasteiger charge is 2.06. The topological polar surface area (TPSA) is 20.2 Å². The SMILES string of the molecule is C[C@@H](CCO)C1=CCCC=C1. The Kier molecular flexibility index (Phi) is 3.37. The van der Waals surface area contributed by atoms with Gasteiger partial charge in [0.25, 0.3) is 0 Å². The van der Waals surface area contributed by atoms with Gasteiger partial charge in [-0.1, -0.05) is 25.2 Å². The molecule has 0 aromatic heterocycles. The molecular weight excluding hydrogens is 136 g/mol. The summed E-state index contributed by atoms with van der Waals surface area (Å²) in [4.78, 5) is 0. The molecule has 1 heteroatoms. The lowest BCUT2D eigenvalue weighted by Crippen LogP contribution is -2.01. The molecule has 0 heterocycles. The predicted octanol–water partition coefficient (Wildman–Crippen LogP) is 2.28. The molecule has 0 spiro atoms. The van der Waals surface area contributed by atoms with E-state index in [1.807, 2.05) is 0 Å². The Bertz CT molecular complexity index is 168. The Labute approximate surface area is 68.4 Å². The van der Waals surface area contributed by atoms with Crippen LogP contribution in [0.15, 0.2) is 23.8 Å². The molecule has 0 fully saturated rings. The molecule has 0 aromatic rings. The Morgan fingerprint density at radius 3 is 2.91 bits per heavy atom. The number of hydrogen-bond donors (Lipinski definition) is 1. The van der Waals surface area contributed by atoms with Gasteiger partial charge in [-0.15, -0.1) is 0 Å². The van der Waals surface area contributed by atoms with Gasteiger partial charge in [-0.05, 0) is 30.8 Å². The Morgan fingerprint density at radius 2 is 2.36 bits per heavy atom. The third-order valence-electron chi connectivity index (χ3n) is 2.15. The molecule has 1 N–H and O–H groups in total. The fraction of sp³-hybridized carbons (Fsp3) is 0.600. The first kappa shape index (κ1) is 8.54. The molecule has 11 heavy (non-hydrogen) atoms. The Balaban J connectivity index is 2.45. The zero-order chi connectivity index (χ0) is 8.10. The summed E-state index contributed by atoms with van der Waals surface area (Å²) in [6.45, 7) is 2.46. The molecule has 1 aliphatic carbocycles. The van der Waals surface area contributed by atoms with Crippen LogP contribution in [0, 0.1) is 5.92 Å². The van der Waals surface area contributed by atoms with Gasteiger partial charge in [-0.3, -0.25) is 0 Å². The van der Waals surface area contributed by atoms with Gasteiger partial charge in [0.2, 0.25) is 0 Å². The van der Waals surface area contributed by atoms with Gasteiger partial charge < -0.3 is 5.11 Å². The molecule has 0 amide bonds. The van der Waals surface area contributed by atoms with Gasteiger partial charge >= 0.3 is 0 Å². The smallest absolute Gasteiger partial charge is 0.0436 e. The molecule has 0 bridgehead atoms. The maximum atomic E-state index is 8.72. The van der Waals surface area contributed by atoms with Crippen LogP contribution in [-0.4, -0.2) is 11.7 Å². The zero-order valence-corrected chi connectivity index (χ0v) is 7.09. The van der Waals surface area contributed by atoms with E-state index in [0.29, 0.717) is 12.5 Å².